The quantitative estimate of drug-likeness (QED) is 0.763. The van der Waals surface area contributed by atoms with E-state index in [0.717, 1.165) is 47.8 Å². The Labute approximate surface area is 156 Å². The van der Waals surface area contributed by atoms with Crippen LogP contribution in [0.2, 0.25) is 0 Å². The van der Waals surface area contributed by atoms with Crippen LogP contribution in [-0.4, -0.2) is 57.9 Å². The van der Waals surface area contributed by atoms with Gasteiger partial charge in [0.2, 0.25) is 10.0 Å². The second-order valence-corrected chi connectivity index (χ2v) is 8.94. The number of nitrogens with one attached hydrogen (secondary N) is 1. The van der Waals surface area contributed by atoms with Gasteiger partial charge in [0.1, 0.15) is 6.54 Å². The normalized spacial score (nSPS) is 15.8. The van der Waals surface area contributed by atoms with Gasteiger partial charge in [-0.05, 0) is 30.7 Å². The average Bonchev–Trinajstić information content (AvgIpc) is 2.58. The molecule has 144 valence electrons. The first kappa shape index (κ1) is 20.4. The van der Waals surface area contributed by atoms with E-state index < -0.39 is 15.9 Å². The fourth-order valence-electron chi connectivity index (χ4n) is 2.72. The molecule has 0 unspecified atom stereocenters. The van der Waals surface area contributed by atoms with E-state index in [0.29, 0.717) is 11.6 Å². The number of piperidine rings is 1. The Morgan fingerprint density at radius 2 is 1.81 bits per heavy atom. The molecular formula is C18H28N4O3S. The summed E-state index contributed by atoms with van der Waals surface area (Å²) in [6.07, 6.45) is 2.71. The van der Waals surface area contributed by atoms with Crippen molar-refractivity contribution in [1.82, 2.24) is 10.3 Å². The molecule has 1 aliphatic heterocycles. The number of nitrogens with zero attached hydrogens (tertiary/aromatic N) is 3. The highest BCUT2D eigenvalue weighted by molar-refractivity contribution is 7.92. The number of hydrogen-bond acceptors (Lipinski definition) is 5. The molecule has 0 atom stereocenters. The fraction of sp³-hybridized carbons (Fsp3) is 0.556. The zero-order valence-electron chi connectivity index (χ0n) is 15.9. The lowest BCUT2D eigenvalue weighted by Gasteiger charge is -2.23. The Bertz CT molecular complexity index is 747. The summed E-state index contributed by atoms with van der Waals surface area (Å²) in [6, 6.07) is 7.22. The number of hydrazone groups is 1. The predicted octanol–water partition coefficient (Wildman–Crippen LogP) is 1.77. The maximum atomic E-state index is 12.2. The summed E-state index contributed by atoms with van der Waals surface area (Å²) in [5, 5.41) is 4.15. The molecule has 1 saturated heterocycles. The number of likely N-dealkylation sites (tertiary alicyclic amines) is 1. The smallest absolute Gasteiger partial charge is 0.260 e. The fourth-order valence-corrected chi connectivity index (χ4v) is 3.58. The van der Waals surface area contributed by atoms with Crippen LogP contribution in [0.1, 0.15) is 38.2 Å². The topological polar surface area (TPSA) is 82.1 Å². The summed E-state index contributed by atoms with van der Waals surface area (Å²) in [7, 11) is -1.53. The number of carbonyl (C=O) groups is 1. The lowest BCUT2D eigenvalue weighted by Crippen LogP contribution is -2.39. The number of sulfonamides is 1. The third-order valence-corrected chi connectivity index (χ3v) is 5.58. The minimum atomic E-state index is -3.58. The largest absolute Gasteiger partial charge is 0.306 e. The van der Waals surface area contributed by atoms with Gasteiger partial charge < -0.3 is 4.90 Å². The van der Waals surface area contributed by atoms with Gasteiger partial charge in [0.15, 0.2) is 0 Å². The van der Waals surface area contributed by atoms with Gasteiger partial charge in [-0.25, -0.2) is 13.8 Å². The maximum Gasteiger partial charge on any atom is 0.260 e. The number of rotatable bonds is 6. The SMILES string of the molecule is CC(C)c1ccc(N(CC(=O)NN=C2CCN(C)CC2)S(C)(=O)=O)cc1. The van der Waals surface area contributed by atoms with E-state index in [9.17, 15) is 13.2 Å². The highest BCUT2D eigenvalue weighted by Crippen LogP contribution is 2.21. The minimum Gasteiger partial charge on any atom is -0.306 e. The van der Waals surface area contributed by atoms with Crippen LogP contribution in [-0.2, 0) is 14.8 Å². The van der Waals surface area contributed by atoms with E-state index in [4.69, 9.17) is 0 Å². The van der Waals surface area contributed by atoms with E-state index >= 15 is 0 Å². The molecule has 1 fully saturated rings. The van der Waals surface area contributed by atoms with Gasteiger partial charge in [-0.3, -0.25) is 9.10 Å². The van der Waals surface area contributed by atoms with E-state index in [1.807, 2.05) is 19.2 Å². The van der Waals surface area contributed by atoms with Crippen molar-refractivity contribution in [3.63, 3.8) is 0 Å². The number of benzene rings is 1. The minimum absolute atomic E-state index is 0.295. The first-order valence-electron chi connectivity index (χ1n) is 8.77. The summed E-state index contributed by atoms with van der Waals surface area (Å²) in [5.41, 5.74) is 5.01. The lowest BCUT2D eigenvalue weighted by molar-refractivity contribution is -0.119. The van der Waals surface area contributed by atoms with E-state index in [1.165, 1.54) is 0 Å². The van der Waals surface area contributed by atoms with Crippen LogP contribution in [0, 0.1) is 0 Å². The van der Waals surface area contributed by atoms with Gasteiger partial charge >= 0.3 is 0 Å². The molecule has 0 saturated carbocycles. The molecule has 1 amide bonds. The molecular weight excluding hydrogens is 352 g/mol. The van der Waals surface area contributed by atoms with Crippen LogP contribution < -0.4 is 9.73 Å². The van der Waals surface area contributed by atoms with Gasteiger partial charge in [0.25, 0.3) is 5.91 Å². The van der Waals surface area contributed by atoms with Gasteiger partial charge in [-0.2, -0.15) is 5.10 Å². The second kappa shape index (κ2) is 8.64. The Kier molecular flexibility index (Phi) is 6.77. The molecule has 8 heteroatoms. The Hall–Kier alpha value is -1.93. The Morgan fingerprint density at radius 1 is 1.23 bits per heavy atom. The molecule has 0 radical (unpaired) electrons. The number of amides is 1. The van der Waals surface area contributed by atoms with Crippen molar-refractivity contribution < 1.29 is 13.2 Å². The lowest BCUT2D eigenvalue weighted by atomic mass is 10.0. The van der Waals surface area contributed by atoms with E-state index in [-0.39, 0.29) is 6.54 Å². The first-order valence-corrected chi connectivity index (χ1v) is 10.6. The summed E-state index contributed by atoms with van der Waals surface area (Å²) < 4.78 is 25.4. The van der Waals surface area contributed by atoms with Crippen LogP contribution in [0.5, 0.6) is 0 Å². The van der Waals surface area contributed by atoms with Crippen molar-refractivity contribution in [3.05, 3.63) is 29.8 Å². The molecule has 0 aromatic heterocycles. The van der Waals surface area contributed by atoms with Crippen molar-refractivity contribution in [2.24, 2.45) is 5.10 Å². The standard InChI is InChI=1S/C18H28N4O3S/c1-14(2)15-5-7-17(8-6-15)22(26(4,24)25)13-18(23)20-19-16-9-11-21(3)12-10-16/h5-8,14H,9-13H2,1-4H3,(H,20,23). The monoisotopic (exact) mass is 380 g/mol. The van der Waals surface area contributed by atoms with Crippen molar-refractivity contribution in [2.75, 3.05) is 37.2 Å². The summed E-state index contributed by atoms with van der Waals surface area (Å²) in [4.78, 5) is 14.4. The third-order valence-electron chi connectivity index (χ3n) is 4.44. The number of carbonyl (C=O) groups excluding carboxylic acids is 1. The molecule has 0 bridgehead atoms. The average molecular weight is 381 g/mol. The summed E-state index contributed by atoms with van der Waals surface area (Å²) in [5.74, 6) is -0.0980. The summed E-state index contributed by atoms with van der Waals surface area (Å²) in [6.45, 7) is 5.66. The number of hydrogen-bond donors (Lipinski definition) is 1. The van der Waals surface area contributed by atoms with Gasteiger partial charge in [0.05, 0.1) is 11.9 Å². The second-order valence-electron chi connectivity index (χ2n) is 7.03. The third kappa shape index (κ3) is 5.81. The maximum absolute atomic E-state index is 12.2. The Morgan fingerprint density at radius 3 is 2.31 bits per heavy atom. The molecule has 1 heterocycles. The van der Waals surface area contributed by atoms with Crippen LogP contribution >= 0.6 is 0 Å². The molecule has 1 aromatic rings. The van der Waals surface area contributed by atoms with Crippen LogP contribution in [0.25, 0.3) is 0 Å². The highest BCUT2D eigenvalue weighted by atomic mass is 32.2. The molecule has 1 N–H and O–H groups in total. The van der Waals surface area contributed by atoms with Crippen molar-refractivity contribution in [3.8, 4) is 0 Å². The van der Waals surface area contributed by atoms with Crippen molar-refractivity contribution >= 4 is 27.3 Å². The van der Waals surface area contributed by atoms with Crippen LogP contribution in [0.3, 0.4) is 0 Å². The first-order chi connectivity index (χ1) is 12.2. The van der Waals surface area contributed by atoms with Crippen LogP contribution in [0.4, 0.5) is 5.69 Å². The predicted molar refractivity (Wildman–Crippen MR) is 105 cm³/mol. The molecule has 7 nitrogen and oxygen atoms in total. The highest BCUT2D eigenvalue weighted by Gasteiger charge is 2.21. The van der Waals surface area contributed by atoms with Gasteiger partial charge in [-0.15, -0.1) is 0 Å². The molecule has 2 rings (SSSR count). The van der Waals surface area contributed by atoms with Crippen molar-refractivity contribution in [1.29, 1.82) is 0 Å². The van der Waals surface area contributed by atoms with Gasteiger partial charge in [-0.1, -0.05) is 26.0 Å². The molecule has 0 aliphatic carbocycles. The van der Waals surface area contributed by atoms with E-state index in [2.05, 4.69) is 29.3 Å². The number of anilines is 1. The molecule has 1 aliphatic rings. The zero-order chi connectivity index (χ0) is 19.3. The van der Waals surface area contributed by atoms with Crippen molar-refractivity contribution in [2.45, 2.75) is 32.6 Å². The van der Waals surface area contributed by atoms with Crippen LogP contribution in [0.15, 0.2) is 29.4 Å². The molecule has 0 spiro atoms. The zero-order valence-corrected chi connectivity index (χ0v) is 16.7. The molecule has 26 heavy (non-hydrogen) atoms. The van der Waals surface area contributed by atoms with E-state index in [1.54, 1.807) is 12.1 Å². The molecule has 1 aromatic carbocycles. The Balaban J connectivity index is 2.06. The van der Waals surface area contributed by atoms with Gasteiger partial charge in [0, 0.05) is 31.6 Å². The summed E-state index contributed by atoms with van der Waals surface area (Å²) >= 11 is 0.